The van der Waals surface area contributed by atoms with Crippen LogP contribution in [0, 0.1) is 0 Å². The maximum Gasteiger partial charge on any atom is -0.000742 e. The van der Waals surface area contributed by atoms with Crippen molar-refractivity contribution in [3.05, 3.63) is 109 Å². The molecule has 6 aromatic carbocycles. The molecule has 30 heavy (non-hydrogen) atoms. The molecular formula is C30H18. The summed E-state index contributed by atoms with van der Waals surface area (Å²) in [5.74, 6) is 0. The van der Waals surface area contributed by atoms with Gasteiger partial charge in [-0.15, -0.1) is 0 Å². The smallest absolute Gasteiger partial charge is 0.000742 e. The summed E-state index contributed by atoms with van der Waals surface area (Å²) in [5.41, 5.74) is 8.06. The summed E-state index contributed by atoms with van der Waals surface area (Å²) in [6.45, 7) is 0. The van der Waals surface area contributed by atoms with Crippen LogP contribution in [-0.2, 0) is 0 Å². The zero-order valence-electron chi connectivity index (χ0n) is 16.4. The second kappa shape index (κ2) is 5.81. The third-order valence-corrected chi connectivity index (χ3v) is 6.58. The molecule has 0 aromatic heterocycles. The molecule has 0 heteroatoms. The highest BCUT2D eigenvalue weighted by Gasteiger charge is 2.27. The second-order valence-electron chi connectivity index (χ2n) is 8.10. The van der Waals surface area contributed by atoms with E-state index in [0.717, 1.165) is 0 Å². The van der Waals surface area contributed by atoms with Crippen LogP contribution in [-0.4, -0.2) is 0 Å². The van der Waals surface area contributed by atoms with Gasteiger partial charge < -0.3 is 0 Å². The van der Waals surface area contributed by atoms with Crippen LogP contribution in [0.3, 0.4) is 0 Å². The SMILES string of the molecule is c1ccc(-c2cccc3c2c2c(c4ccccc43)-c3cccc4cccc-2c34)cc1. The summed E-state index contributed by atoms with van der Waals surface area (Å²) in [5, 5.41) is 8.06. The van der Waals surface area contributed by atoms with E-state index in [1.165, 1.54) is 65.7 Å². The van der Waals surface area contributed by atoms with Crippen molar-refractivity contribution >= 4 is 32.3 Å². The van der Waals surface area contributed by atoms with Crippen molar-refractivity contribution in [2.24, 2.45) is 0 Å². The standard InChI is InChI=1S/C30H18/c1-2-9-19(10-3-1)21-15-8-16-24-22-13-4-5-14-23(22)29-25-17-6-11-20-12-7-18-26(27(20)25)30(29)28(21)24/h1-18H. The van der Waals surface area contributed by atoms with Gasteiger partial charge in [0.15, 0.2) is 0 Å². The van der Waals surface area contributed by atoms with E-state index < -0.39 is 0 Å². The van der Waals surface area contributed by atoms with Crippen molar-refractivity contribution < 1.29 is 0 Å². The summed E-state index contributed by atoms with van der Waals surface area (Å²) < 4.78 is 0. The average molecular weight is 378 g/mol. The molecule has 6 aromatic rings. The molecule has 0 radical (unpaired) electrons. The Balaban J connectivity index is 1.80. The molecule has 138 valence electrons. The molecule has 0 nitrogen and oxygen atoms in total. The van der Waals surface area contributed by atoms with Gasteiger partial charge >= 0.3 is 0 Å². The predicted molar refractivity (Wildman–Crippen MR) is 129 cm³/mol. The van der Waals surface area contributed by atoms with Crippen LogP contribution in [0.5, 0.6) is 0 Å². The van der Waals surface area contributed by atoms with E-state index in [2.05, 4.69) is 109 Å². The molecule has 0 atom stereocenters. The fourth-order valence-corrected chi connectivity index (χ4v) is 5.41. The van der Waals surface area contributed by atoms with Crippen molar-refractivity contribution in [3.63, 3.8) is 0 Å². The first-order chi connectivity index (χ1) is 14.9. The molecule has 1 aliphatic rings. The lowest BCUT2D eigenvalue weighted by molar-refractivity contribution is 1.66. The highest BCUT2D eigenvalue weighted by Crippen LogP contribution is 2.54. The van der Waals surface area contributed by atoms with Crippen molar-refractivity contribution in [1.29, 1.82) is 0 Å². The highest BCUT2D eigenvalue weighted by atomic mass is 14.3. The van der Waals surface area contributed by atoms with Gasteiger partial charge in [-0.3, -0.25) is 0 Å². The fraction of sp³-hybridized carbons (Fsp3) is 0. The first-order valence-electron chi connectivity index (χ1n) is 10.5. The molecule has 0 unspecified atom stereocenters. The van der Waals surface area contributed by atoms with Gasteiger partial charge in [0.1, 0.15) is 0 Å². The summed E-state index contributed by atoms with van der Waals surface area (Å²) in [7, 11) is 0. The van der Waals surface area contributed by atoms with Crippen molar-refractivity contribution in [1.82, 2.24) is 0 Å². The predicted octanol–water partition coefficient (Wildman–Crippen LogP) is 8.46. The van der Waals surface area contributed by atoms with Crippen molar-refractivity contribution in [2.45, 2.75) is 0 Å². The normalized spacial score (nSPS) is 12.0. The zero-order chi connectivity index (χ0) is 19.7. The molecule has 0 N–H and O–H groups in total. The molecule has 0 spiro atoms. The molecule has 0 heterocycles. The first-order valence-corrected chi connectivity index (χ1v) is 10.5. The molecule has 0 saturated heterocycles. The molecule has 0 bridgehead atoms. The minimum Gasteiger partial charge on any atom is -0.0622 e. The highest BCUT2D eigenvalue weighted by molar-refractivity contribution is 6.32. The van der Waals surface area contributed by atoms with E-state index in [4.69, 9.17) is 0 Å². The van der Waals surface area contributed by atoms with Gasteiger partial charge in [-0.25, -0.2) is 0 Å². The summed E-state index contributed by atoms with van der Waals surface area (Å²) in [6.07, 6.45) is 0. The Morgan fingerprint density at radius 2 is 0.933 bits per heavy atom. The summed E-state index contributed by atoms with van der Waals surface area (Å²) in [6, 6.07) is 39.9. The molecule has 0 fully saturated rings. The van der Waals surface area contributed by atoms with Gasteiger partial charge in [-0.05, 0) is 65.7 Å². The number of fused-ring (bicyclic) bond motifs is 8. The number of hydrogen-bond acceptors (Lipinski definition) is 0. The molecule has 0 aliphatic heterocycles. The quantitative estimate of drug-likeness (QED) is 0.251. The Morgan fingerprint density at radius 3 is 1.73 bits per heavy atom. The Bertz CT molecular complexity index is 1620. The molecule has 0 saturated carbocycles. The van der Waals surface area contributed by atoms with E-state index in [9.17, 15) is 0 Å². The lowest BCUT2D eigenvalue weighted by Crippen LogP contribution is -1.89. The molecular weight excluding hydrogens is 360 g/mol. The van der Waals surface area contributed by atoms with Crippen LogP contribution in [0.4, 0.5) is 0 Å². The monoisotopic (exact) mass is 378 g/mol. The average Bonchev–Trinajstić information content (AvgIpc) is 3.16. The van der Waals surface area contributed by atoms with E-state index >= 15 is 0 Å². The Hall–Kier alpha value is -3.90. The van der Waals surface area contributed by atoms with Crippen LogP contribution < -0.4 is 0 Å². The van der Waals surface area contributed by atoms with Crippen LogP contribution in [0.25, 0.3) is 65.7 Å². The van der Waals surface area contributed by atoms with Crippen LogP contribution in [0.1, 0.15) is 0 Å². The second-order valence-corrected chi connectivity index (χ2v) is 8.10. The number of rotatable bonds is 1. The summed E-state index contributed by atoms with van der Waals surface area (Å²) >= 11 is 0. The summed E-state index contributed by atoms with van der Waals surface area (Å²) in [4.78, 5) is 0. The third-order valence-electron chi connectivity index (χ3n) is 6.58. The van der Waals surface area contributed by atoms with Gasteiger partial charge in [0.2, 0.25) is 0 Å². The maximum atomic E-state index is 2.30. The van der Waals surface area contributed by atoms with E-state index in [1.807, 2.05) is 0 Å². The maximum absolute atomic E-state index is 2.30. The zero-order valence-corrected chi connectivity index (χ0v) is 16.4. The van der Waals surface area contributed by atoms with E-state index in [0.29, 0.717) is 0 Å². The lowest BCUT2D eigenvalue weighted by Gasteiger charge is -2.16. The van der Waals surface area contributed by atoms with Gasteiger partial charge in [0.25, 0.3) is 0 Å². The Labute approximate surface area is 175 Å². The molecule has 1 aliphatic carbocycles. The number of benzene rings is 6. The van der Waals surface area contributed by atoms with Crippen LogP contribution in [0.2, 0.25) is 0 Å². The largest absolute Gasteiger partial charge is 0.0622 e. The van der Waals surface area contributed by atoms with Crippen LogP contribution >= 0.6 is 0 Å². The van der Waals surface area contributed by atoms with Crippen molar-refractivity contribution in [3.8, 4) is 33.4 Å². The Morgan fingerprint density at radius 1 is 0.333 bits per heavy atom. The van der Waals surface area contributed by atoms with E-state index in [1.54, 1.807) is 0 Å². The van der Waals surface area contributed by atoms with Gasteiger partial charge in [-0.2, -0.15) is 0 Å². The Kier molecular flexibility index (Phi) is 3.09. The molecule has 0 amide bonds. The van der Waals surface area contributed by atoms with Crippen molar-refractivity contribution in [2.75, 3.05) is 0 Å². The third kappa shape index (κ3) is 1.96. The van der Waals surface area contributed by atoms with Gasteiger partial charge in [0, 0.05) is 0 Å². The number of hydrogen-bond donors (Lipinski definition) is 0. The van der Waals surface area contributed by atoms with Crippen LogP contribution in [0.15, 0.2) is 109 Å². The minimum absolute atomic E-state index is 1.27. The topological polar surface area (TPSA) is 0 Å². The van der Waals surface area contributed by atoms with E-state index in [-0.39, 0.29) is 0 Å². The first kappa shape index (κ1) is 16.0. The van der Waals surface area contributed by atoms with Gasteiger partial charge in [-0.1, -0.05) is 109 Å². The fourth-order valence-electron chi connectivity index (χ4n) is 5.41. The lowest BCUT2D eigenvalue weighted by atomic mass is 9.86. The molecule has 7 rings (SSSR count). The minimum atomic E-state index is 1.27. The van der Waals surface area contributed by atoms with Gasteiger partial charge in [0.05, 0.1) is 0 Å².